The van der Waals surface area contributed by atoms with Crippen molar-refractivity contribution < 1.29 is 31.2 Å². The zero-order chi connectivity index (χ0) is 29.1. The van der Waals surface area contributed by atoms with Crippen LogP contribution in [0.1, 0.15) is 43.7 Å². The van der Waals surface area contributed by atoms with Crippen LogP contribution in [0.2, 0.25) is 15.1 Å². The molecule has 214 valence electrons. The van der Waals surface area contributed by atoms with Gasteiger partial charge >= 0.3 is 6.18 Å². The highest BCUT2D eigenvalue weighted by Gasteiger charge is 2.36. The number of hydrogen-bond donors (Lipinski definition) is 1. The Morgan fingerprint density at radius 2 is 1.64 bits per heavy atom. The summed E-state index contributed by atoms with van der Waals surface area (Å²) in [5, 5.41) is 2.71. The molecule has 2 aromatic carbocycles. The van der Waals surface area contributed by atoms with Crippen LogP contribution in [0.15, 0.2) is 36.4 Å². The average molecular weight is 629 g/mol. The molecule has 0 bridgehead atoms. The predicted octanol–water partition coefficient (Wildman–Crippen LogP) is 5.91. The lowest BCUT2D eigenvalue weighted by atomic mass is 10.1. The Morgan fingerprint density at radius 3 is 2.18 bits per heavy atom. The third kappa shape index (κ3) is 7.93. The van der Waals surface area contributed by atoms with Crippen molar-refractivity contribution in [1.29, 1.82) is 0 Å². The van der Waals surface area contributed by atoms with E-state index >= 15 is 0 Å². The number of halogens is 6. The molecule has 3 rings (SSSR count). The first kappa shape index (κ1) is 31.3. The zero-order valence-corrected chi connectivity index (χ0v) is 24.1. The molecule has 14 heteroatoms. The third-order valence-corrected chi connectivity index (χ3v) is 8.66. The minimum atomic E-state index is -4.86. The summed E-state index contributed by atoms with van der Waals surface area (Å²) in [7, 11) is -4.25. The fraction of sp³-hybridized carbons (Fsp3) is 0.440. The molecule has 0 aromatic heterocycles. The summed E-state index contributed by atoms with van der Waals surface area (Å²) in [4.78, 5) is 27.9. The Kier molecular flexibility index (Phi) is 10.1. The number of amides is 2. The lowest BCUT2D eigenvalue weighted by Crippen LogP contribution is -2.52. The Labute approximate surface area is 240 Å². The second kappa shape index (κ2) is 12.5. The van der Waals surface area contributed by atoms with E-state index in [9.17, 15) is 31.2 Å². The Balaban J connectivity index is 1.98. The molecule has 1 aliphatic rings. The number of carbonyl (C=O) groups is 2. The summed E-state index contributed by atoms with van der Waals surface area (Å²) < 4.78 is 66.2. The molecule has 1 N–H and O–H groups in total. The number of rotatable bonds is 9. The van der Waals surface area contributed by atoms with Crippen molar-refractivity contribution in [3.8, 4) is 0 Å². The molecule has 1 atom stereocenters. The smallest absolute Gasteiger partial charge is 0.352 e. The van der Waals surface area contributed by atoms with Crippen LogP contribution < -0.4 is 9.62 Å². The number of nitrogens with zero attached hydrogens (tertiary/aromatic N) is 2. The molecule has 2 amide bonds. The van der Waals surface area contributed by atoms with Gasteiger partial charge in [-0.3, -0.25) is 13.9 Å². The van der Waals surface area contributed by atoms with Gasteiger partial charge in [-0.2, -0.15) is 13.2 Å². The van der Waals surface area contributed by atoms with Crippen molar-refractivity contribution in [2.45, 2.75) is 57.4 Å². The number of nitrogens with one attached hydrogen (secondary N) is 1. The number of anilines is 1. The predicted molar refractivity (Wildman–Crippen MR) is 146 cm³/mol. The van der Waals surface area contributed by atoms with Gasteiger partial charge in [0, 0.05) is 28.2 Å². The summed E-state index contributed by atoms with van der Waals surface area (Å²) in [5.74, 6) is -1.32. The molecule has 0 radical (unpaired) electrons. The van der Waals surface area contributed by atoms with Gasteiger partial charge in [0.2, 0.25) is 21.8 Å². The number of alkyl halides is 3. The van der Waals surface area contributed by atoms with Crippen molar-refractivity contribution in [3.63, 3.8) is 0 Å². The minimum absolute atomic E-state index is 0.0526. The van der Waals surface area contributed by atoms with E-state index in [0.29, 0.717) is 15.9 Å². The molecule has 0 aliphatic heterocycles. The van der Waals surface area contributed by atoms with E-state index in [-0.39, 0.29) is 22.6 Å². The van der Waals surface area contributed by atoms with Gasteiger partial charge in [-0.1, -0.05) is 53.7 Å². The van der Waals surface area contributed by atoms with Crippen molar-refractivity contribution >= 4 is 62.3 Å². The normalized spacial score (nSPS) is 15.2. The molecule has 7 nitrogen and oxygen atoms in total. The van der Waals surface area contributed by atoms with Gasteiger partial charge in [0.15, 0.2) is 0 Å². The second-order valence-electron chi connectivity index (χ2n) is 9.32. The van der Waals surface area contributed by atoms with Crippen molar-refractivity contribution in [2.24, 2.45) is 0 Å². The van der Waals surface area contributed by atoms with E-state index in [4.69, 9.17) is 34.8 Å². The van der Waals surface area contributed by atoms with E-state index in [2.05, 4.69) is 5.32 Å². The monoisotopic (exact) mass is 627 g/mol. The Morgan fingerprint density at radius 1 is 1.05 bits per heavy atom. The van der Waals surface area contributed by atoms with E-state index in [0.717, 1.165) is 49.0 Å². The summed E-state index contributed by atoms with van der Waals surface area (Å²) in [6.45, 7) is 0.339. The van der Waals surface area contributed by atoms with E-state index < -0.39 is 56.9 Å². The van der Waals surface area contributed by atoms with Crippen molar-refractivity contribution in [3.05, 3.63) is 62.6 Å². The molecule has 0 unspecified atom stereocenters. The summed E-state index contributed by atoms with van der Waals surface area (Å²) in [6.07, 6.45) is -0.595. The maximum absolute atomic E-state index is 13.6. The van der Waals surface area contributed by atoms with Crippen LogP contribution in [-0.2, 0) is 32.3 Å². The van der Waals surface area contributed by atoms with Crippen LogP contribution >= 0.6 is 34.8 Å². The largest absolute Gasteiger partial charge is 0.417 e. The van der Waals surface area contributed by atoms with Gasteiger partial charge < -0.3 is 10.2 Å². The highest BCUT2D eigenvalue weighted by atomic mass is 35.5. The second-order valence-corrected chi connectivity index (χ2v) is 12.4. The lowest BCUT2D eigenvalue weighted by molar-refractivity contribution is -0.139. The minimum Gasteiger partial charge on any atom is -0.352 e. The molecule has 39 heavy (non-hydrogen) atoms. The van der Waals surface area contributed by atoms with E-state index in [1.165, 1.54) is 6.92 Å². The lowest BCUT2D eigenvalue weighted by Gasteiger charge is -2.32. The van der Waals surface area contributed by atoms with Crippen LogP contribution in [0, 0.1) is 0 Å². The average Bonchev–Trinajstić information content (AvgIpc) is 3.34. The number of hydrogen-bond acceptors (Lipinski definition) is 4. The topological polar surface area (TPSA) is 86.8 Å². The van der Waals surface area contributed by atoms with Gasteiger partial charge in [0.05, 0.1) is 22.5 Å². The summed E-state index contributed by atoms with van der Waals surface area (Å²) in [5.41, 5.74) is -1.35. The maximum Gasteiger partial charge on any atom is 0.417 e. The molecular formula is C25H27Cl3F3N3O4S. The number of carbonyl (C=O) groups excluding carboxylic acids is 2. The fourth-order valence-corrected chi connectivity index (χ4v) is 5.91. The van der Waals surface area contributed by atoms with Gasteiger partial charge in [-0.15, -0.1) is 0 Å². The quantitative estimate of drug-likeness (QED) is 0.374. The molecule has 2 aromatic rings. The van der Waals surface area contributed by atoms with Crippen molar-refractivity contribution in [2.75, 3.05) is 17.1 Å². The van der Waals surface area contributed by atoms with E-state index in [1.807, 2.05) is 0 Å². The molecule has 1 saturated carbocycles. The van der Waals surface area contributed by atoms with Crippen LogP contribution in [0.4, 0.5) is 18.9 Å². The van der Waals surface area contributed by atoms with Crippen LogP contribution in [0.25, 0.3) is 0 Å². The van der Waals surface area contributed by atoms with Gasteiger partial charge in [0.1, 0.15) is 12.6 Å². The van der Waals surface area contributed by atoms with Crippen molar-refractivity contribution in [1.82, 2.24) is 10.2 Å². The molecule has 0 heterocycles. The molecule has 0 spiro atoms. The van der Waals surface area contributed by atoms with Crippen LogP contribution in [-0.4, -0.2) is 50.0 Å². The van der Waals surface area contributed by atoms with Gasteiger partial charge in [0.25, 0.3) is 0 Å². The van der Waals surface area contributed by atoms with Crippen LogP contribution in [0.5, 0.6) is 0 Å². The third-order valence-electron chi connectivity index (χ3n) is 6.48. The highest BCUT2D eigenvalue weighted by Crippen LogP contribution is 2.37. The Hall–Kier alpha value is -2.21. The van der Waals surface area contributed by atoms with Crippen LogP contribution in [0.3, 0.4) is 0 Å². The number of benzene rings is 2. The fourth-order valence-electron chi connectivity index (χ4n) is 4.33. The summed E-state index contributed by atoms with van der Waals surface area (Å²) in [6, 6.07) is 6.08. The summed E-state index contributed by atoms with van der Waals surface area (Å²) >= 11 is 18.3. The first-order valence-corrected chi connectivity index (χ1v) is 14.9. The Bertz CT molecular complexity index is 1320. The SMILES string of the molecule is C[C@@H](C(=O)NC1CCCC1)N(Cc1c(Cl)cccc1Cl)C(=O)CN(c1ccc(Cl)c(C(F)(F)F)c1)S(C)(=O)=O. The van der Waals surface area contributed by atoms with Gasteiger partial charge in [-0.05, 0) is 50.1 Å². The molecular weight excluding hydrogens is 602 g/mol. The number of sulfonamides is 1. The van der Waals surface area contributed by atoms with E-state index in [1.54, 1.807) is 18.2 Å². The first-order valence-electron chi connectivity index (χ1n) is 12.0. The maximum atomic E-state index is 13.6. The van der Waals surface area contributed by atoms with Gasteiger partial charge in [-0.25, -0.2) is 8.42 Å². The molecule has 1 aliphatic carbocycles. The highest BCUT2D eigenvalue weighted by molar-refractivity contribution is 7.92. The standard InChI is InChI=1S/C25H27Cl3F3N3O4S/c1-15(24(36)32-16-6-3-4-7-16)33(13-18-20(26)8-5-9-21(18)27)23(35)14-34(39(2,37)38)17-10-11-22(28)19(12-17)25(29,30)31/h5,8-12,15-16H,3-4,6-7,13-14H2,1-2H3,(H,32,36)/t15-/m0/s1. The molecule has 0 saturated heterocycles. The zero-order valence-electron chi connectivity index (χ0n) is 21.1. The molecule has 1 fully saturated rings. The first-order chi connectivity index (χ1) is 18.1.